The van der Waals surface area contributed by atoms with Crippen LogP contribution in [0.25, 0.3) is 0 Å². The van der Waals surface area contributed by atoms with Crippen LogP contribution < -0.4 is 5.73 Å². The zero-order valence-corrected chi connectivity index (χ0v) is 12.9. The van der Waals surface area contributed by atoms with Gasteiger partial charge >= 0.3 is 0 Å². The lowest BCUT2D eigenvalue weighted by Crippen LogP contribution is -2.51. The van der Waals surface area contributed by atoms with Gasteiger partial charge in [0.05, 0.1) is 5.84 Å². The van der Waals surface area contributed by atoms with Gasteiger partial charge in [-0.15, -0.1) is 0 Å². The molecular formula is C12H26N4O2S. The lowest BCUT2D eigenvalue weighted by atomic mass is 10.1. The van der Waals surface area contributed by atoms with Crippen LogP contribution in [0.5, 0.6) is 0 Å². The molecule has 0 aromatic rings. The third kappa shape index (κ3) is 3.90. The number of nitrogens with two attached hydrogens (primary N) is 1. The Morgan fingerprint density at radius 1 is 1.53 bits per heavy atom. The average molecular weight is 290 g/mol. The van der Waals surface area contributed by atoms with E-state index in [1.807, 2.05) is 13.8 Å². The summed E-state index contributed by atoms with van der Waals surface area (Å²) < 4.78 is 28.3. The van der Waals surface area contributed by atoms with Crippen molar-refractivity contribution in [3.05, 3.63) is 0 Å². The van der Waals surface area contributed by atoms with Gasteiger partial charge in [-0.05, 0) is 19.8 Å². The van der Waals surface area contributed by atoms with E-state index >= 15 is 0 Å². The lowest BCUT2D eigenvalue weighted by Gasteiger charge is -2.36. The van der Waals surface area contributed by atoms with Crippen molar-refractivity contribution >= 4 is 16.0 Å². The van der Waals surface area contributed by atoms with Gasteiger partial charge in [0, 0.05) is 31.6 Å². The number of rotatable bonds is 6. The van der Waals surface area contributed by atoms with Crippen molar-refractivity contribution in [3.63, 3.8) is 0 Å². The van der Waals surface area contributed by atoms with Crippen LogP contribution in [0, 0.1) is 11.3 Å². The van der Waals surface area contributed by atoms with Gasteiger partial charge in [0.15, 0.2) is 0 Å². The normalized spacial score (nSPS) is 23.5. The van der Waals surface area contributed by atoms with E-state index in [2.05, 4.69) is 0 Å². The van der Waals surface area contributed by atoms with Crippen molar-refractivity contribution < 1.29 is 8.42 Å². The van der Waals surface area contributed by atoms with Crippen molar-refractivity contribution in [3.8, 4) is 0 Å². The molecule has 2 unspecified atom stereocenters. The third-order valence-electron chi connectivity index (χ3n) is 3.73. The molecule has 0 aromatic carbocycles. The largest absolute Gasteiger partial charge is 0.387 e. The molecule has 0 radical (unpaired) electrons. The molecule has 0 aliphatic carbocycles. The summed E-state index contributed by atoms with van der Waals surface area (Å²) in [7, 11) is -3.44. The first-order chi connectivity index (χ1) is 8.80. The Balaban J connectivity index is 2.85. The maximum atomic E-state index is 12.6. The van der Waals surface area contributed by atoms with Gasteiger partial charge in [0.1, 0.15) is 0 Å². The Kier molecular flexibility index (Phi) is 5.76. The standard InChI is InChI=1S/C12H26N4O2S/c1-4-15(9-10(2)12(13)14)19(17,18)16-8-6-5-7-11(16)3/h10-11H,4-9H2,1-3H3,(H3,13,14). The zero-order chi connectivity index (χ0) is 14.6. The first-order valence-corrected chi connectivity index (χ1v) is 8.31. The molecule has 1 rings (SSSR count). The van der Waals surface area contributed by atoms with Crippen molar-refractivity contribution in [2.75, 3.05) is 19.6 Å². The van der Waals surface area contributed by atoms with E-state index in [1.165, 1.54) is 4.31 Å². The molecule has 0 bridgehead atoms. The Bertz CT molecular complexity index is 410. The number of amidine groups is 1. The fourth-order valence-corrected chi connectivity index (χ4v) is 4.31. The van der Waals surface area contributed by atoms with E-state index in [9.17, 15) is 8.42 Å². The highest BCUT2D eigenvalue weighted by Crippen LogP contribution is 2.22. The summed E-state index contributed by atoms with van der Waals surface area (Å²) in [5.74, 6) is -0.227. The number of hydrogen-bond donors (Lipinski definition) is 2. The molecule has 112 valence electrons. The molecule has 19 heavy (non-hydrogen) atoms. The maximum Gasteiger partial charge on any atom is 0.282 e. The first kappa shape index (κ1) is 16.4. The number of nitrogens with zero attached hydrogens (tertiary/aromatic N) is 2. The lowest BCUT2D eigenvalue weighted by molar-refractivity contribution is 0.243. The van der Waals surface area contributed by atoms with Gasteiger partial charge in [0.25, 0.3) is 10.2 Å². The maximum absolute atomic E-state index is 12.6. The molecule has 0 amide bonds. The third-order valence-corrected chi connectivity index (χ3v) is 5.92. The zero-order valence-electron chi connectivity index (χ0n) is 12.1. The summed E-state index contributed by atoms with van der Waals surface area (Å²) in [6.45, 7) is 6.83. The number of hydrogen-bond acceptors (Lipinski definition) is 3. The molecule has 1 aliphatic rings. The predicted molar refractivity (Wildman–Crippen MR) is 77.3 cm³/mol. The Morgan fingerprint density at radius 2 is 2.16 bits per heavy atom. The molecule has 1 aliphatic heterocycles. The molecule has 0 saturated carbocycles. The summed E-state index contributed by atoms with van der Waals surface area (Å²) in [5, 5.41) is 7.40. The molecule has 0 aromatic heterocycles. The SMILES string of the molecule is CCN(CC(C)C(=N)N)S(=O)(=O)N1CCCCC1C. The van der Waals surface area contributed by atoms with Crippen molar-refractivity contribution in [1.29, 1.82) is 5.41 Å². The molecule has 2 atom stereocenters. The van der Waals surface area contributed by atoms with Gasteiger partial charge in [-0.1, -0.05) is 20.3 Å². The minimum Gasteiger partial charge on any atom is -0.387 e. The molecule has 1 saturated heterocycles. The van der Waals surface area contributed by atoms with E-state index in [0.29, 0.717) is 13.1 Å². The van der Waals surface area contributed by atoms with Crippen LogP contribution in [0.2, 0.25) is 0 Å². The second kappa shape index (κ2) is 6.67. The van der Waals surface area contributed by atoms with Crippen LogP contribution in [0.15, 0.2) is 0 Å². The van der Waals surface area contributed by atoms with E-state index < -0.39 is 10.2 Å². The smallest absolute Gasteiger partial charge is 0.282 e. The molecular weight excluding hydrogens is 264 g/mol. The van der Waals surface area contributed by atoms with Crippen molar-refractivity contribution in [1.82, 2.24) is 8.61 Å². The van der Waals surface area contributed by atoms with E-state index in [1.54, 1.807) is 11.2 Å². The second-order valence-corrected chi connectivity index (χ2v) is 7.15. The average Bonchev–Trinajstić information content (AvgIpc) is 2.35. The highest BCUT2D eigenvalue weighted by Gasteiger charge is 2.34. The Labute approximate surface area is 116 Å². The minimum absolute atomic E-state index is 0.0281. The van der Waals surface area contributed by atoms with Gasteiger partial charge < -0.3 is 5.73 Å². The summed E-state index contributed by atoms with van der Waals surface area (Å²) in [4.78, 5) is 0. The number of nitrogens with one attached hydrogen (secondary N) is 1. The monoisotopic (exact) mass is 290 g/mol. The number of piperidine rings is 1. The minimum atomic E-state index is -3.44. The highest BCUT2D eigenvalue weighted by atomic mass is 32.2. The van der Waals surface area contributed by atoms with E-state index in [0.717, 1.165) is 19.3 Å². The molecule has 0 spiro atoms. The summed E-state index contributed by atoms with van der Waals surface area (Å²) in [6, 6.07) is 0.0560. The molecule has 7 heteroatoms. The molecule has 6 nitrogen and oxygen atoms in total. The van der Waals surface area contributed by atoms with Crippen LogP contribution in [0.3, 0.4) is 0 Å². The van der Waals surface area contributed by atoms with Crippen LogP contribution in [0.1, 0.15) is 40.0 Å². The summed E-state index contributed by atoms with van der Waals surface area (Å²) in [5.41, 5.74) is 5.44. The van der Waals surface area contributed by atoms with Crippen molar-refractivity contribution in [2.45, 2.75) is 46.1 Å². The van der Waals surface area contributed by atoms with Gasteiger partial charge in [-0.3, -0.25) is 5.41 Å². The summed E-state index contributed by atoms with van der Waals surface area (Å²) in [6.07, 6.45) is 2.92. The Hall–Kier alpha value is -0.660. The molecule has 1 heterocycles. The highest BCUT2D eigenvalue weighted by molar-refractivity contribution is 7.86. The Morgan fingerprint density at radius 3 is 2.63 bits per heavy atom. The molecule has 1 fully saturated rings. The van der Waals surface area contributed by atoms with Crippen LogP contribution in [-0.2, 0) is 10.2 Å². The van der Waals surface area contributed by atoms with Crippen LogP contribution in [0.4, 0.5) is 0 Å². The van der Waals surface area contributed by atoms with E-state index in [4.69, 9.17) is 11.1 Å². The van der Waals surface area contributed by atoms with Gasteiger partial charge in [-0.25, -0.2) is 0 Å². The second-order valence-electron chi connectivity index (χ2n) is 5.27. The van der Waals surface area contributed by atoms with E-state index in [-0.39, 0.29) is 24.3 Å². The van der Waals surface area contributed by atoms with Crippen LogP contribution >= 0.6 is 0 Å². The van der Waals surface area contributed by atoms with Gasteiger partial charge in [-0.2, -0.15) is 17.0 Å². The quantitative estimate of drug-likeness (QED) is 0.565. The fraction of sp³-hybridized carbons (Fsp3) is 0.917. The molecule has 3 N–H and O–H groups in total. The topological polar surface area (TPSA) is 90.5 Å². The first-order valence-electron chi connectivity index (χ1n) is 6.91. The van der Waals surface area contributed by atoms with Gasteiger partial charge in [0.2, 0.25) is 0 Å². The van der Waals surface area contributed by atoms with Crippen LogP contribution in [-0.4, -0.2) is 48.5 Å². The summed E-state index contributed by atoms with van der Waals surface area (Å²) >= 11 is 0. The predicted octanol–water partition coefficient (Wildman–Crippen LogP) is 1.000. The fourth-order valence-electron chi connectivity index (χ4n) is 2.35. The van der Waals surface area contributed by atoms with Crippen molar-refractivity contribution in [2.24, 2.45) is 11.7 Å².